The molecule has 0 aliphatic rings. The highest BCUT2D eigenvalue weighted by Gasteiger charge is 2.24. The quantitative estimate of drug-likeness (QED) is 0.914. The minimum Gasteiger partial charge on any atom is -0.508 e. The molecule has 2 rings (SSSR count). The predicted molar refractivity (Wildman–Crippen MR) is 80.2 cm³/mol. The highest BCUT2D eigenvalue weighted by atomic mass is 79.9. The Labute approximate surface area is 126 Å². The zero-order valence-electron chi connectivity index (χ0n) is 10.7. The number of benzene rings is 1. The Kier molecular flexibility index (Phi) is 4.29. The van der Waals surface area contributed by atoms with Gasteiger partial charge in [-0.05, 0) is 41.1 Å². The second-order valence-electron chi connectivity index (χ2n) is 4.03. The van der Waals surface area contributed by atoms with Gasteiger partial charge in [-0.15, -0.1) is 0 Å². The van der Waals surface area contributed by atoms with E-state index in [1.165, 1.54) is 34.9 Å². The van der Waals surface area contributed by atoms with Crippen LogP contribution in [0.5, 0.6) is 5.75 Å². The molecule has 0 unspecified atom stereocenters. The molecular weight excluding hydrogens is 344 g/mol. The van der Waals surface area contributed by atoms with Crippen molar-refractivity contribution >= 4 is 31.6 Å². The third kappa shape index (κ3) is 2.94. The molecule has 1 heterocycles. The molecular formula is C13H13BrN2O3S. The number of halogens is 1. The maximum atomic E-state index is 12.6. The minimum atomic E-state index is -3.71. The standard InChI is InChI=1S/C13H13BrN2O3S/c1-2-16(11-4-3-5-12(17)7-11)20(18,19)13-6-10(14)8-15-9-13/h3-9,17H,2H2,1H3. The normalized spacial score (nSPS) is 11.3. The summed E-state index contributed by atoms with van der Waals surface area (Å²) in [7, 11) is -3.71. The van der Waals surface area contributed by atoms with Gasteiger partial charge < -0.3 is 5.11 Å². The van der Waals surface area contributed by atoms with Crippen LogP contribution in [-0.2, 0) is 10.0 Å². The molecule has 0 fully saturated rings. The van der Waals surface area contributed by atoms with Crippen LogP contribution in [-0.4, -0.2) is 25.1 Å². The van der Waals surface area contributed by atoms with Crippen molar-refractivity contribution in [2.24, 2.45) is 0 Å². The van der Waals surface area contributed by atoms with Gasteiger partial charge in [-0.1, -0.05) is 6.07 Å². The van der Waals surface area contributed by atoms with E-state index in [0.717, 1.165) is 0 Å². The molecule has 0 saturated carbocycles. The van der Waals surface area contributed by atoms with Gasteiger partial charge in [0.2, 0.25) is 0 Å². The molecule has 0 amide bonds. The van der Waals surface area contributed by atoms with Crippen molar-refractivity contribution in [3.05, 3.63) is 47.2 Å². The lowest BCUT2D eigenvalue weighted by molar-refractivity contribution is 0.475. The van der Waals surface area contributed by atoms with E-state index < -0.39 is 10.0 Å². The molecule has 1 N–H and O–H groups in total. The number of rotatable bonds is 4. The number of nitrogens with zero attached hydrogens (tertiary/aromatic N) is 2. The highest BCUT2D eigenvalue weighted by Crippen LogP contribution is 2.26. The van der Waals surface area contributed by atoms with E-state index in [-0.39, 0.29) is 17.2 Å². The summed E-state index contributed by atoms with van der Waals surface area (Å²) in [4.78, 5) is 3.97. The zero-order valence-corrected chi connectivity index (χ0v) is 13.1. The smallest absolute Gasteiger partial charge is 0.265 e. The monoisotopic (exact) mass is 356 g/mol. The molecule has 0 aliphatic heterocycles. The summed E-state index contributed by atoms with van der Waals surface area (Å²) in [5.74, 6) is 0.0171. The van der Waals surface area contributed by atoms with E-state index >= 15 is 0 Å². The fraction of sp³-hybridized carbons (Fsp3) is 0.154. The number of hydrogen-bond acceptors (Lipinski definition) is 4. The number of phenolic OH excluding ortho intramolecular Hbond substituents is 1. The molecule has 2 aromatic rings. The lowest BCUT2D eigenvalue weighted by atomic mass is 10.3. The van der Waals surface area contributed by atoms with Crippen LogP contribution in [0.4, 0.5) is 5.69 Å². The Balaban J connectivity index is 2.50. The van der Waals surface area contributed by atoms with Crippen molar-refractivity contribution < 1.29 is 13.5 Å². The number of hydrogen-bond donors (Lipinski definition) is 1. The average Bonchev–Trinajstić information content (AvgIpc) is 2.39. The van der Waals surface area contributed by atoms with Crippen LogP contribution in [0.1, 0.15) is 6.92 Å². The van der Waals surface area contributed by atoms with Crippen LogP contribution in [0.2, 0.25) is 0 Å². The number of sulfonamides is 1. The van der Waals surface area contributed by atoms with Gasteiger partial charge in [0.1, 0.15) is 10.6 Å². The Bertz CT molecular complexity index is 719. The summed E-state index contributed by atoms with van der Waals surface area (Å²) >= 11 is 3.21. The first-order valence-electron chi connectivity index (χ1n) is 5.87. The third-order valence-corrected chi connectivity index (χ3v) is 4.97. The number of phenols is 1. The molecule has 5 nitrogen and oxygen atoms in total. The van der Waals surface area contributed by atoms with Gasteiger partial charge in [0.25, 0.3) is 10.0 Å². The first-order valence-corrected chi connectivity index (χ1v) is 8.11. The number of pyridine rings is 1. The fourth-order valence-corrected chi connectivity index (χ4v) is 3.77. The van der Waals surface area contributed by atoms with E-state index in [4.69, 9.17) is 0 Å². The summed E-state index contributed by atoms with van der Waals surface area (Å²) in [6.45, 7) is 1.98. The van der Waals surface area contributed by atoms with Crippen LogP contribution in [0.15, 0.2) is 52.1 Å². The average molecular weight is 357 g/mol. The molecule has 1 aromatic heterocycles. The SMILES string of the molecule is CCN(c1cccc(O)c1)S(=O)(=O)c1cncc(Br)c1. The lowest BCUT2D eigenvalue weighted by Gasteiger charge is -2.22. The summed E-state index contributed by atoms with van der Waals surface area (Å²) in [6, 6.07) is 7.62. The van der Waals surface area contributed by atoms with E-state index in [1.54, 1.807) is 19.1 Å². The number of aromatic nitrogens is 1. The number of aromatic hydroxyl groups is 1. The molecule has 1 aromatic carbocycles. The van der Waals surface area contributed by atoms with Gasteiger partial charge >= 0.3 is 0 Å². The summed E-state index contributed by atoms with van der Waals surface area (Å²) in [5, 5.41) is 9.50. The second-order valence-corrected chi connectivity index (χ2v) is 6.81. The molecule has 20 heavy (non-hydrogen) atoms. The number of anilines is 1. The van der Waals surface area contributed by atoms with Crippen molar-refractivity contribution in [2.45, 2.75) is 11.8 Å². The molecule has 106 valence electrons. The van der Waals surface area contributed by atoms with E-state index in [1.807, 2.05) is 0 Å². The van der Waals surface area contributed by atoms with Gasteiger partial charge in [0.05, 0.1) is 5.69 Å². The summed E-state index contributed by atoms with van der Waals surface area (Å²) < 4.78 is 27.0. The Morgan fingerprint density at radius 2 is 2.05 bits per heavy atom. The van der Waals surface area contributed by atoms with Gasteiger partial charge in [0.15, 0.2) is 0 Å². The topological polar surface area (TPSA) is 70.5 Å². The zero-order chi connectivity index (χ0) is 14.8. The molecule has 0 spiro atoms. The lowest BCUT2D eigenvalue weighted by Crippen LogP contribution is -2.30. The van der Waals surface area contributed by atoms with Crippen molar-refractivity contribution in [2.75, 3.05) is 10.8 Å². The van der Waals surface area contributed by atoms with Gasteiger partial charge in [-0.2, -0.15) is 0 Å². The summed E-state index contributed by atoms with van der Waals surface area (Å²) in [5.41, 5.74) is 0.410. The summed E-state index contributed by atoms with van der Waals surface area (Å²) in [6.07, 6.45) is 2.81. The molecule has 0 saturated heterocycles. The van der Waals surface area contributed by atoms with Crippen LogP contribution < -0.4 is 4.31 Å². The maximum Gasteiger partial charge on any atom is 0.265 e. The Hall–Kier alpha value is -1.60. The molecule has 7 heteroatoms. The highest BCUT2D eigenvalue weighted by molar-refractivity contribution is 9.10. The molecule has 0 bridgehead atoms. The van der Waals surface area contributed by atoms with E-state index in [0.29, 0.717) is 10.2 Å². The second kappa shape index (κ2) is 5.80. The van der Waals surface area contributed by atoms with Gasteiger partial charge in [-0.25, -0.2) is 8.42 Å². The predicted octanol–water partition coefficient (Wildman–Crippen LogP) is 2.76. The van der Waals surface area contributed by atoms with Crippen molar-refractivity contribution in [1.82, 2.24) is 4.98 Å². The minimum absolute atomic E-state index is 0.0171. The van der Waals surface area contributed by atoms with Crippen LogP contribution >= 0.6 is 15.9 Å². The van der Waals surface area contributed by atoms with Crippen LogP contribution in [0.25, 0.3) is 0 Å². The Morgan fingerprint density at radius 3 is 2.65 bits per heavy atom. The van der Waals surface area contributed by atoms with Crippen LogP contribution in [0, 0.1) is 0 Å². The fourth-order valence-electron chi connectivity index (χ4n) is 1.80. The van der Waals surface area contributed by atoms with Crippen molar-refractivity contribution in [3.63, 3.8) is 0 Å². The molecule has 0 atom stereocenters. The molecule has 0 radical (unpaired) electrons. The third-order valence-electron chi connectivity index (χ3n) is 2.67. The van der Waals surface area contributed by atoms with Gasteiger partial charge in [0, 0.05) is 29.5 Å². The van der Waals surface area contributed by atoms with E-state index in [9.17, 15) is 13.5 Å². The first-order chi connectivity index (χ1) is 9.45. The van der Waals surface area contributed by atoms with Crippen LogP contribution in [0.3, 0.4) is 0 Å². The van der Waals surface area contributed by atoms with E-state index in [2.05, 4.69) is 20.9 Å². The largest absolute Gasteiger partial charge is 0.508 e. The molecule has 0 aliphatic carbocycles. The Morgan fingerprint density at radius 1 is 1.30 bits per heavy atom. The van der Waals surface area contributed by atoms with Gasteiger partial charge in [-0.3, -0.25) is 9.29 Å². The van der Waals surface area contributed by atoms with Crippen molar-refractivity contribution in [3.8, 4) is 5.75 Å². The maximum absolute atomic E-state index is 12.6. The van der Waals surface area contributed by atoms with Crippen molar-refractivity contribution in [1.29, 1.82) is 0 Å². The first kappa shape index (κ1) is 14.8.